The number of benzene rings is 1. The fourth-order valence-electron chi connectivity index (χ4n) is 2.36. The molecule has 2 aromatic rings. The summed E-state index contributed by atoms with van der Waals surface area (Å²) in [6.07, 6.45) is 6.93. The summed E-state index contributed by atoms with van der Waals surface area (Å²) in [5.74, 6) is 0.640. The van der Waals surface area contributed by atoms with Gasteiger partial charge < -0.3 is 0 Å². The minimum absolute atomic E-state index is 0.0486. The van der Waals surface area contributed by atoms with E-state index < -0.39 is 0 Å². The number of hydrogen-bond donors (Lipinski definition) is 0. The van der Waals surface area contributed by atoms with Crippen molar-refractivity contribution in [3.8, 4) is 0 Å². The molecule has 0 radical (unpaired) electrons. The van der Waals surface area contributed by atoms with Gasteiger partial charge >= 0.3 is 0 Å². The van der Waals surface area contributed by atoms with Crippen molar-refractivity contribution >= 4 is 17.4 Å². The molecule has 0 atom stereocenters. The number of nitrogens with zero attached hydrogens (tertiary/aromatic N) is 1. The molecule has 0 unspecified atom stereocenters. The molecule has 96 valence electrons. The molecular formula is C16H14ClNO. The quantitative estimate of drug-likeness (QED) is 0.782. The zero-order valence-corrected chi connectivity index (χ0v) is 11.2. The minimum Gasteiger partial charge on any atom is -0.289 e. The molecular weight excluding hydrogens is 258 g/mol. The Morgan fingerprint density at radius 1 is 1.16 bits per heavy atom. The predicted molar refractivity (Wildman–Crippen MR) is 75.7 cm³/mol. The SMILES string of the molecule is O=C(c1ccc(C2CCC2)cc1)c1ccncc1Cl. The highest BCUT2D eigenvalue weighted by Crippen LogP contribution is 2.36. The van der Waals surface area contributed by atoms with Crippen molar-refractivity contribution in [2.75, 3.05) is 0 Å². The third-order valence-corrected chi connectivity index (χ3v) is 4.07. The molecule has 1 aliphatic carbocycles. The second kappa shape index (κ2) is 5.14. The highest BCUT2D eigenvalue weighted by molar-refractivity contribution is 6.34. The Bertz CT molecular complexity index is 602. The number of carbonyl (C=O) groups is 1. The van der Waals surface area contributed by atoms with Crippen molar-refractivity contribution in [2.24, 2.45) is 0 Å². The normalized spacial score (nSPS) is 15.0. The fraction of sp³-hybridized carbons (Fsp3) is 0.250. The first-order valence-electron chi connectivity index (χ1n) is 6.50. The van der Waals surface area contributed by atoms with Gasteiger partial charge in [-0.05, 0) is 30.4 Å². The number of rotatable bonds is 3. The number of halogens is 1. The fourth-order valence-corrected chi connectivity index (χ4v) is 2.57. The van der Waals surface area contributed by atoms with Crippen molar-refractivity contribution in [1.82, 2.24) is 4.98 Å². The van der Waals surface area contributed by atoms with Crippen molar-refractivity contribution in [1.29, 1.82) is 0 Å². The Morgan fingerprint density at radius 3 is 2.47 bits per heavy atom. The van der Waals surface area contributed by atoms with E-state index in [0.717, 1.165) is 0 Å². The molecule has 1 aromatic carbocycles. The van der Waals surface area contributed by atoms with Crippen LogP contribution >= 0.6 is 11.6 Å². The van der Waals surface area contributed by atoms with Gasteiger partial charge in [-0.25, -0.2) is 0 Å². The Balaban J connectivity index is 1.86. The zero-order chi connectivity index (χ0) is 13.2. The first kappa shape index (κ1) is 12.4. The minimum atomic E-state index is -0.0486. The molecule has 0 amide bonds. The van der Waals surface area contributed by atoms with Crippen molar-refractivity contribution in [3.63, 3.8) is 0 Å². The molecule has 3 rings (SSSR count). The summed E-state index contributed by atoms with van der Waals surface area (Å²) in [5, 5.41) is 0.399. The van der Waals surface area contributed by atoms with E-state index in [1.807, 2.05) is 12.1 Å². The summed E-state index contributed by atoms with van der Waals surface area (Å²) in [7, 11) is 0. The van der Waals surface area contributed by atoms with Crippen LogP contribution in [0.1, 0.15) is 46.7 Å². The summed E-state index contributed by atoms with van der Waals surface area (Å²) in [6.45, 7) is 0. The van der Waals surface area contributed by atoms with Gasteiger partial charge in [0.1, 0.15) is 0 Å². The van der Waals surface area contributed by atoms with Crippen LogP contribution in [-0.2, 0) is 0 Å². The lowest BCUT2D eigenvalue weighted by Crippen LogP contribution is -2.09. The molecule has 2 nitrogen and oxygen atoms in total. The highest BCUT2D eigenvalue weighted by Gasteiger charge is 2.20. The molecule has 0 N–H and O–H groups in total. The van der Waals surface area contributed by atoms with Crippen LogP contribution in [0.25, 0.3) is 0 Å². The third kappa shape index (κ3) is 2.41. The van der Waals surface area contributed by atoms with E-state index in [4.69, 9.17) is 11.6 Å². The third-order valence-electron chi connectivity index (χ3n) is 3.77. The maximum absolute atomic E-state index is 12.3. The molecule has 1 aliphatic rings. The van der Waals surface area contributed by atoms with Crippen LogP contribution in [0.4, 0.5) is 0 Å². The standard InChI is InChI=1S/C16H14ClNO/c17-15-10-18-9-8-14(15)16(19)13-6-4-12(5-7-13)11-2-1-3-11/h4-11H,1-3H2. The van der Waals surface area contributed by atoms with Crippen molar-refractivity contribution < 1.29 is 4.79 Å². The van der Waals surface area contributed by atoms with E-state index in [9.17, 15) is 4.79 Å². The van der Waals surface area contributed by atoms with Gasteiger partial charge in [-0.2, -0.15) is 0 Å². The largest absolute Gasteiger partial charge is 0.289 e. The maximum atomic E-state index is 12.3. The van der Waals surface area contributed by atoms with E-state index in [0.29, 0.717) is 22.1 Å². The van der Waals surface area contributed by atoms with E-state index in [1.165, 1.54) is 31.0 Å². The number of ketones is 1. The van der Waals surface area contributed by atoms with Crippen LogP contribution in [0.2, 0.25) is 5.02 Å². The molecule has 0 spiro atoms. The molecule has 1 aromatic heterocycles. The van der Waals surface area contributed by atoms with E-state index in [1.54, 1.807) is 12.3 Å². The Labute approximate surface area is 117 Å². The van der Waals surface area contributed by atoms with Gasteiger partial charge in [-0.15, -0.1) is 0 Å². The Kier molecular flexibility index (Phi) is 3.34. The summed E-state index contributed by atoms with van der Waals surface area (Å²) in [4.78, 5) is 16.2. The molecule has 1 heterocycles. The lowest BCUT2D eigenvalue weighted by molar-refractivity contribution is 0.103. The van der Waals surface area contributed by atoms with Gasteiger partial charge in [-0.1, -0.05) is 42.3 Å². The smallest absolute Gasteiger partial charge is 0.194 e. The van der Waals surface area contributed by atoms with Crippen LogP contribution in [-0.4, -0.2) is 10.8 Å². The Hall–Kier alpha value is -1.67. The average Bonchev–Trinajstić information content (AvgIpc) is 2.37. The summed E-state index contributed by atoms with van der Waals surface area (Å²) in [6, 6.07) is 9.57. The molecule has 0 bridgehead atoms. The summed E-state index contributed by atoms with van der Waals surface area (Å²) < 4.78 is 0. The Morgan fingerprint density at radius 2 is 1.89 bits per heavy atom. The van der Waals surface area contributed by atoms with Gasteiger partial charge in [0.25, 0.3) is 0 Å². The van der Waals surface area contributed by atoms with Gasteiger partial charge in [0.15, 0.2) is 5.78 Å². The molecule has 19 heavy (non-hydrogen) atoms. The summed E-state index contributed by atoms with van der Waals surface area (Å²) in [5.41, 5.74) is 2.52. The topological polar surface area (TPSA) is 30.0 Å². The number of hydrogen-bond acceptors (Lipinski definition) is 2. The lowest BCUT2D eigenvalue weighted by Gasteiger charge is -2.25. The van der Waals surface area contributed by atoms with Gasteiger partial charge in [0, 0.05) is 23.5 Å². The van der Waals surface area contributed by atoms with Crippen LogP contribution in [0, 0.1) is 0 Å². The first-order valence-corrected chi connectivity index (χ1v) is 6.87. The van der Waals surface area contributed by atoms with E-state index in [2.05, 4.69) is 17.1 Å². The lowest BCUT2D eigenvalue weighted by atomic mass is 9.80. The van der Waals surface area contributed by atoms with Gasteiger partial charge in [0.2, 0.25) is 0 Å². The first-order chi connectivity index (χ1) is 9.25. The monoisotopic (exact) mass is 271 g/mol. The zero-order valence-electron chi connectivity index (χ0n) is 10.5. The molecule has 0 aliphatic heterocycles. The number of pyridine rings is 1. The van der Waals surface area contributed by atoms with Crippen molar-refractivity contribution in [3.05, 3.63) is 64.4 Å². The number of aromatic nitrogens is 1. The van der Waals surface area contributed by atoms with Crippen LogP contribution < -0.4 is 0 Å². The number of carbonyl (C=O) groups excluding carboxylic acids is 1. The second-order valence-corrected chi connectivity index (χ2v) is 5.34. The van der Waals surface area contributed by atoms with Gasteiger partial charge in [0.05, 0.1) is 5.02 Å². The van der Waals surface area contributed by atoms with Crippen molar-refractivity contribution in [2.45, 2.75) is 25.2 Å². The maximum Gasteiger partial charge on any atom is 0.194 e. The predicted octanol–water partition coefficient (Wildman–Crippen LogP) is 4.23. The molecule has 0 saturated heterocycles. The van der Waals surface area contributed by atoms with E-state index in [-0.39, 0.29) is 5.78 Å². The average molecular weight is 272 g/mol. The van der Waals surface area contributed by atoms with Crippen LogP contribution in [0.3, 0.4) is 0 Å². The van der Waals surface area contributed by atoms with Crippen LogP contribution in [0.15, 0.2) is 42.7 Å². The molecule has 1 saturated carbocycles. The second-order valence-electron chi connectivity index (χ2n) is 4.93. The van der Waals surface area contributed by atoms with E-state index >= 15 is 0 Å². The van der Waals surface area contributed by atoms with Gasteiger partial charge in [-0.3, -0.25) is 9.78 Å². The van der Waals surface area contributed by atoms with Crippen LogP contribution in [0.5, 0.6) is 0 Å². The molecule has 3 heteroatoms. The summed E-state index contributed by atoms with van der Waals surface area (Å²) >= 11 is 6.00. The molecule has 1 fully saturated rings. The highest BCUT2D eigenvalue weighted by atomic mass is 35.5.